The van der Waals surface area contributed by atoms with E-state index < -0.39 is 0 Å². The molecule has 0 aliphatic heterocycles. The lowest BCUT2D eigenvalue weighted by molar-refractivity contribution is 0.870. The van der Waals surface area contributed by atoms with Crippen molar-refractivity contribution in [2.24, 2.45) is 5.73 Å². The van der Waals surface area contributed by atoms with E-state index in [0.717, 1.165) is 27.0 Å². The minimum absolute atomic E-state index is 0.206. The molecule has 5 heteroatoms. The topological polar surface area (TPSA) is 64.7 Å². The maximum absolute atomic E-state index is 6.24. The highest BCUT2D eigenvalue weighted by Gasteiger charge is 2.15. The van der Waals surface area contributed by atoms with E-state index in [-0.39, 0.29) is 6.04 Å². The number of para-hydroxylation sites is 1. The van der Waals surface area contributed by atoms with Crippen LogP contribution in [0.4, 0.5) is 0 Å². The van der Waals surface area contributed by atoms with Gasteiger partial charge in [0.2, 0.25) is 0 Å². The number of benzene rings is 1. The molecule has 1 unspecified atom stereocenters. The van der Waals surface area contributed by atoms with Gasteiger partial charge in [-0.3, -0.25) is 4.98 Å². The van der Waals surface area contributed by atoms with Crippen LogP contribution in [0.5, 0.6) is 0 Å². The number of aromatic nitrogens is 3. The Balaban J connectivity index is 2.07. The molecule has 0 spiro atoms. The average Bonchev–Trinajstić information content (AvgIpc) is 2.83. The molecular formula is C13H12N4S. The van der Waals surface area contributed by atoms with Crippen molar-refractivity contribution in [3.8, 4) is 0 Å². The summed E-state index contributed by atoms with van der Waals surface area (Å²) in [4.78, 5) is 5.42. The SMILES string of the molecule is Cc1nnsc1C(N)c1cnc2ccccc2c1. The van der Waals surface area contributed by atoms with E-state index in [2.05, 4.69) is 20.6 Å². The number of hydrogen-bond acceptors (Lipinski definition) is 5. The smallest absolute Gasteiger partial charge is 0.0776 e. The zero-order chi connectivity index (χ0) is 12.5. The van der Waals surface area contributed by atoms with Gasteiger partial charge in [0.15, 0.2) is 0 Å². The molecule has 2 aromatic heterocycles. The van der Waals surface area contributed by atoms with Gasteiger partial charge >= 0.3 is 0 Å². The van der Waals surface area contributed by atoms with Gasteiger partial charge in [-0.05, 0) is 36.2 Å². The van der Waals surface area contributed by atoms with E-state index in [1.54, 1.807) is 0 Å². The number of fused-ring (bicyclic) bond motifs is 1. The van der Waals surface area contributed by atoms with Crippen LogP contribution in [0, 0.1) is 6.92 Å². The first-order valence-corrected chi connectivity index (χ1v) is 6.42. The normalized spacial score (nSPS) is 12.8. The minimum Gasteiger partial charge on any atom is -0.319 e. The highest BCUT2D eigenvalue weighted by molar-refractivity contribution is 7.05. The van der Waals surface area contributed by atoms with Crippen molar-refractivity contribution in [1.29, 1.82) is 0 Å². The molecule has 4 nitrogen and oxygen atoms in total. The lowest BCUT2D eigenvalue weighted by Gasteiger charge is -2.10. The van der Waals surface area contributed by atoms with Crippen molar-refractivity contribution < 1.29 is 0 Å². The van der Waals surface area contributed by atoms with Crippen molar-refractivity contribution in [3.63, 3.8) is 0 Å². The third-order valence-corrected chi connectivity index (χ3v) is 3.85. The maximum Gasteiger partial charge on any atom is 0.0776 e. The Morgan fingerprint density at radius 3 is 2.89 bits per heavy atom. The monoisotopic (exact) mass is 256 g/mol. The van der Waals surface area contributed by atoms with E-state index in [0.29, 0.717) is 0 Å². The number of aryl methyl sites for hydroxylation is 1. The van der Waals surface area contributed by atoms with Crippen LogP contribution in [0.2, 0.25) is 0 Å². The molecule has 0 saturated heterocycles. The Hall–Kier alpha value is -1.85. The van der Waals surface area contributed by atoms with Crippen molar-refractivity contribution in [2.45, 2.75) is 13.0 Å². The standard InChI is InChI=1S/C13H12N4S/c1-8-13(18-17-16-8)12(14)10-6-9-4-2-3-5-11(9)15-7-10/h2-7,12H,14H2,1H3. The van der Waals surface area contributed by atoms with Crippen LogP contribution >= 0.6 is 11.5 Å². The van der Waals surface area contributed by atoms with Gasteiger partial charge in [-0.25, -0.2) is 0 Å². The summed E-state index contributed by atoms with van der Waals surface area (Å²) in [6.07, 6.45) is 1.83. The van der Waals surface area contributed by atoms with Crippen LogP contribution in [-0.4, -0.2) is 14.6 Å². The molecule has 0 aliphatic carbocycles. The van der Waals surface area contributed by atoms with E-state index in [1.165, 1.54) is 11.5 Å². The third kappa shape index (κ3) is 1.87. The predicted molar refractivity (Wildman–Crippen MR) is 72.4 cm³/mol. The van der Waals surface area contributed by atoms with Crippen molar-refractivity contribution in [1.82, 2.24) is 14.6 Å². The second-order valence-electron chi connectivity index (χ2n) is 4.16. The zero-order valence-corrected chi connectivity index (χ0v) is 10.7. The summed E-state index contributed by atoms with van der Waals surface area (Å²) in [6, 6.07) is 9.87. The quantitative estimate of drug-likeness (QED) is 0.765. The molecule has 1 aromatic carbocycles. The van der Waals surface area contributed by atoms with Gasteiger partial charge in [-0.2, -0.15) is 0 Å². The zero-order valence-electron chi connectivity index (χ0n) is 9.87. The van der Waals surface area contributed by atoms with E-state index >= 15 is 0 Å². The molecular weight excluding hydrogens is 244 g/mol. The van der Waals surface area contributed by atoms with Crippen molar-refractivity contribution in [3.05, 3.63) is 52.7 Å². The Bertz CT molecular complexity index is 692. The summed E-state index contributed by atoms with van der Waals surface area (Å²) in [5.41, 5.74) is 9.10. The average molecular weight is 256 g/mol. The second-order valence-corrected chi connectivity index (χ2v) is 4.95. The highest BCUT2D eigenvalue weighted by atomic mass is 32.1. The van der Waals surface area contributed by atoms with Gasteiger partial charge in [0, 0.05) is 11.6 Å². The molecule has 0 radical (unpaired) electrons. The van der Waals surface area contributed by atoms with Gasteiger partial charge in [0.1, 0.15) is 0 Å². The van der Waals surface area contributed by atoms with Crippen LogP contribution in [0.3, 0.4) is 0 Å². The number of nitrogens with two attached hydrogens (primary N) is 1. The van der Waals surface area contributed by atoms with Gasteiger partial charge in [0.25, 0.3) is 0 Å². The van der Waals surface area contributed by atoms with Crippen molar-refractivity contribution in [2.75, 3.05) is 0 Å². The fourth-order valence-electron chi connectivity index (χ4n) is 1.93. The lowest BCUT2D eigenvalue weighted by Crippen LogP contribution is -2.11. The van der Waals surface area contributed by atoms with Gasteiger partial charge in [-0.1, -0.05) is 22.7 Å². The first kappa shape index (κ1) is 11.3. The molecule has 18 heavy (non-hydrogen) atoms. The first-order valence-electron chi connectivity index (χ1n) is 5.65. The molecule has 0 bridgehead atoms. The molecule has 0 saturated carbocycles. The summed E-state index contributed by atoms with van der Waals surface area (Å²) in [5.74, 6) is 0. The Kier molecular flexibility index (Phi) is 2.77. The van der Waals surface area contributed by atoms with Gasteiger partial charge in [-0.15, -0.1) is 5.10 Å². The van der Waals surface area contributed by atoms with Crippen LogP contribution in [-0.2, 0) is 0 Å². The van der Waals surface area contributed by atoms with E-state index in [4.69, 9.17) is 5.73 Å². The van der Waals surface area contributed by atoms with E-state index in [1.807, 2.05) is 37.4 Å². The molecule has 0 aliphatic rings. The number of nitrogens with zero attached hydrogens (tertiary/aromatic N) is 3. The molecule has 0 fully saturated rings. The van der Waals surface area contributed by atoms with Gasteiger partial charge in [0.05, 0.1) is 22.1 Å². The summed E-state index contributed by atoms with van der Waals surface area (Å²) < 4.78 is 3.92. The molecule has 3 rings (SSSR count). The van der Waals surface area contributed by atoms with Gasteiger partial charge < -0.3 is 5.73 Å². The van der Waals surface area contributed by atoms with Crippen LogP contribution < -0.4 is 5.73 Å². The summed E-state index contributed by atoms with van der Waals surface area (Å²) in [6.45, 7) is 1.92. The van der Waals surface area contributed by atoms with Crippen LogP contribution in [0.1, 0.15) is 22.2 Å². The molecule has 2 N–H and O–H groups in total. The summed E-state index contributed by atoms with van der Waals surface area (Å²) in [7, 11) is 0. The highest BCUT2D eigenvalue weighted by Crippen LogP contribution is 2.25. The summed E-state index contributed by atoms with van der Waals surface area (Å²) >= 11 is 1.34. The maximum atomic E-state index is 6.24. The Labute approximate surface area is 109 Å². The molecule has 0 amide bonds. The largest absolute Gasteiger partial charge is 0.319 e. The van der Waals surface area contributed by atoms with Crippen LogP contribution in [0.25, 0.3) is 10.9 Å². The minimum atomic E-state index is -0.206. The van der Waals surface area contributed by atoms with Crippen molar-refractivity contribution >= 4 is 22.4 Å². The van der Waals surface area contributed by atoms with Crippen LogP contribution in [0.15, 0.2) is 36.5 Å². The lowest BCUT2D eigenvalue weighted by atomic mass is 10.1. The Morgan fingerprint density at radius 2 is 2.11 bits per heavy atom. The first-order chi connectivity index (χ1) is 8.75. The molecule has 2 heterocycles. The number of hydrogen-bond donors (Lipinski definition) is 1. The molecule has 3 aromatic rings. The predicted octanol–water partition coefficient (Wildman–Crippen LogP) is 2.44. The Morgan fingerprint density at radius 1 is 1.28 bits per heavy atom. The number of pyridine rings is 1. The molecule has 1 atom stereocenters. The summed E-state index contributed by atoms with van der Waals surface area (Å²) in [5, 5.41) is 5.09. The second kappa shape index (κ2) is 4.44. The molecule has 90 valence electrons. The number of rotatable bonds is 2. The fraction of sp³-hybridized carbons (Fsp3) is 0.154. The third-order valence-electron chi connectivity index (χ3n) is 2.94. The van der Waals surface area contributed by atoms with E-state index in [9.17, 15) is 0 Å². The fourth-order valence-corrected chi connectivity index (χ4v) is 2.61.